The molecule has 0 bridgehead atoms. The number of alkyl carbamates (subject to hydrolysis) is 1. The van der Waals surface area contributed by atoms with Crippen LogP contribution in [0.25, 0.3) is 0 Å². The van der Waals surface area contributed by atoms with E-state index in [0.717, 1.165) is 23.1 Å². The van der Waals surface area contributed by atoms with Gasteiger partial charge < -0.3 is 20.1 Å². The van der Waals surface area contributed by atoms with E-state index in [4.69, 9.17) is 8.92 Å². The molecule has 182 valence electrons. The number of ether oxygens (including phenoxy) is 1. The summed E-state index contributed by atoms with van der Waals surface area (Å²) in [4.78, 5) is 25.5. The van der Waals surface area contributed by atoms with Crippen molar-refractivity contribution >= 4 is 43.8 Å². The Balaban J connectivity index is 3.10. The van der Waals surface area contributed by atoms with Crippen LogP contribution in [0.15, 0.2) is 18.2 Å². The van der Waals surface area contributed by atoms with Crippen LogP contribution < -0.4 is 10.2 Å². The van der Waals surface area contributed by atoms with Crippen LogP contribution in [0.5, 0.6) is 0 Å². The van der Waals surface area contributed by atoms with Gasteiger partial charge in [0.2, 0.25) is 0 Å². The molecule has 32 heavy (non-hydrogen) atoms. The van der Waals surface area contributed by atoms with E-state index in [-0.39, 0.29) is 19.6 Å². The Hall–Kier alpha value is -1.85. The van der Waals surface area contributed by atoms with Crippen LogP contribution in [-0.2, 0) is 23.8 Å². The van der Waals surface area contributed by atoms with Crippen LogP contribution in [0.4, 0.5) is 10.5 Å². The maximum Gasteiger partial charge on any atom is 0.407 e. The molecule has 0 aliphatic heterocycles. The van der Waals surface area contributed by atoms with E-state index >= 15 is 0 Å². The molecule has 11 heteroatoms. The van der Waals surface area contributed by atoms with Gasteiger partial charge in [0.1, 0.15) is 5.60 Å². The van der Waals surface area contributed by atoms with Crippen LogP contribution in [-0.4, -0.2) is 69.0 Å². The summed E-state index contributed by atoms with van der Waals surface area (Å²) in [6.45, 7) is 8.15. The van der Waals surface area contributed by atoms with Crippen molar-refractivity contribution in [3.63, 3.8) is 0 Å². The van der Waals surface area contributed by atoms with Crippen molar-refractivity contribution in [3.8, 4) is 0 Å². The van der Waals surface area contributed by atoms with Crippen molar-refractivity contribution in [1.82, 2.24) is 5.32 Å². The molecule has 0 heterocycles. The lowest BCUT2D eigenvalue weighted by Crippen LogP contribution is -2.35. The van der Waals surface area contributed by atoms with Crippen LogP contribution in [0, 0.1) is 6.92 Å². The topological polar surface area (TPSA) is 122 Å². The molecule has 0 radical (unpaired) electrons. The SMILES string of the molecule is Cc1ccc(N(CCBr)CCOS(C)(=O)=O)cc1C(CNC(=O)OC(C)(C)C)CC(=O)O. The Bertz CT molecular complexity index is 885. The van der Waals surface area contributed by atoms with E-state index in [2.05, 4.69) is 21.2 Å². The number of aliphatic carboxylic acids is 1. The lowest BCUT2D eigenvalue weighted by atomic mass is 9.91. The molecule has 0 saturated carbocycles. The van der Waals surface area contributed by atoms with Gasteiger partial charge in [-0.15, -0.1) is 0 Å². The van der Waals surface area contributed by atoms with Crippen LogP contribution in [0.3, 0.4) is 0 Å². The maximum atomic E-state index is 12.1. The highest BCUT2D eigenvalue weighted by Crippen LogP contribution is 2.28. The van der Waals surface area contributed by atoms with Gasteiger partial charge in [-0.05, 0) is 51.0 Å². The minimum atomic E-state index is -3.54. The Morgan fingerprint density at radius 3 is 2.44 bits per heavy atom. The number of nitrogens with one attached hydrogen (secondary N) is 1. The minimum Gasteiger partial charge on any atom is -0.481 e. The molecule has 1 aromatic carbocycles. The number of carboxylic acids is 1. The van der Waals surface area contributed by atoms with Crippen LogP contribution in [0.2, 0.25) is 0 Å². The minimum absolute atomic E-state index is 0.00615. The summed E-state index contributed by atoms with van der Waals surface area (Å²) in [5.74, 6) is -1.46. The number of benzene rings is 1. The summed E-state index contributed by atoms with van der Waals surface area (Å²) >= 11 is 3.40. The van der Waals surface area contributed by atoms with Crippen LogP contribution >= 0.6 is 15.9 Å². The van der Waals surface area contributed by atoms with E-state index < -0.39 is 33.7 Å². The molecule has 1 rings (SSSR count). The van der Waals surface area contributed by atoms with Crippen molar-refractivity contribution in [1.29, 1.82) is 0 Å². The van der Waals surface area contributed by atoms with Gasteiger partial charge in [0.05, 0.1) is 19.3 Å². The van der Waals surface area contributed by atoms with Crippen molar-refractivity contribution in [3.05, 3.63) is 29.3 Å². The zero-order valence-corrected chi connectivity index (χ0v) is 21.6. The third-order valence-electron chi connectivity index (χ3n) is 4.39. The van der Waals surface area contributed by atoms with E-state index in [0.29, 0.717) is 18.4 Å². The first-order chi connectivity index (χ1) is 14.7. The fourth-order valence-corrected chi connectivity index (χ4v) is 3.86. The van der Waals surface area contributed by atoms with E-state index in [1.165, 1.54) is 0 Å². The third kappa shape index (κ3) is 11.1. The maximum absolute atomic E-state index is 12.1. The predicted molar refractivity (Wildman–Crippen MR) is 127 cm³/mol. The number of carboxylic acid groups (broad SMARTS) is 1. The molecular formula is C21H33BrN2O7S. The average molecular weight is 537 g/mol. The molecule has 2 N–H and O–H groups in total. The van der Waals surface area contributed by atoms with Gasteiger partial charge in [-0.3, -0.25) is 8.98 Å². The second-order valence-electron chi connectivity index (χ2n) is 8.42. The number of carbonyl (C=O) groups excluding carboxylic acids is 1. The molecule has 1 unspecified atom stereocenters. The Labute approximate surface area is 198 Å². The number of carbonyl (C=O) groups is 2. The number of amides is 1. The molecule has 9 nitrogen and oxygen atoms in total. The number of rotatable bonds is 12. The quantitative estimate of drug-likeness (QED) is 0.308. The second kappa shape index (κ2) is 12.4. The fraction of sp³-hybridized carbons (Fsp3) is 0.619. The number of alkyl halides is 1. The zero-order chi connectivity index (χ0) is 24.5. The Morgan fingerprint density at radius 2 is 1.91 bits per heavy atom. The predicted octanol–water partition coefficient (Wildman–Crippen LogP) is 3.26. The summed E-state index contributed by atoms with van der Waals surface area (Å²) in [7, 11) is -3.54. The molecular weight excluding hydrogens is 504 g/mol. The highest BCUT2D eigenvalue weighted by molar-refractivity contribution is 9.09. The lowest BCUT2D eigenvalue weighted by Gasteiger charge is -2.27. The lowest BCUT2D eigenvalue weighted by molar-refractivity contribution is -0.137. The van der Waals surface area contributed by atoms with Gasteiger partial charge in [0.25, 0.3) is 10.1 Å². The number of nitrogens with zero attached hydrogens (tertiary/aromatic N) is 1. The molecule has 0 spiro atoms. The summed E-state index contributed by atoms with van der Waals surface area (Å²) in [5.41, 5.74) is 1.81. The zero-order valence-electron chi connectivity index (χ0n) is 19.2. The monoisotopic (exact) mass is 536 g/mol. The molecule has 1 aromatic rings. The highest BCUT2D eigenvalue weighted by Gasteiger charge is 2.22. The molecule has 0 saturated heterocycles. The van der Waals surface area contributed by atoms with Gasteiger partial charge in [0.15, 0.2) is 0 Å². The van der Waals surface area contributed by atoms with Crippen molar-refractivity contribution in [2.45, 2.75) is 45.6 Å². The molecule has 0 aromatic heterocycles. The molecule has 1 amide bonds. The van der Waals surface area contributed by atoms with Gasteiger partial charge in [0, 0.05) is 36.6 Å². The summed E-state index contributed by atoms with van der Waals surface area (Å²) in [5, 5.41) is 12.7. The largest absolute Gasteiger partial charge is 0.481 e. The standard InChI is InChI=1S/C21H33BrN2O7S/c1-15-6-7-17(24(9-8-22)10-11-30-32(5,28)29)13-18(15)16(12-19(25)26)14-23-20(27)31-21(2,3)4/h6-7,13,16H,8-12,14H2,1-5H3,(H,23,27)(H,25,26). The van der Waals surface area contributed by atoms with Crippen molar-refractivity contribution < 1.29 is 32.0 Å². The van der Waals surface area contributed by atoms with Gasteiger partial charge in [-0.2, -0.15) is 8.42 Å². The summed E-state index contributed by atoms with van der Waals surface area (Å²) in [6, 6.07) is 5.65. The van der Waals surface area contributed by atoms with Crippen molar-refractivity contribution in [2.75, 3.05) is 42.7 Å². The summed E-state index contributed by atoms with van der Waals surface area (Å²) in [6.07, 6.45) is 0.218. The number of anilines is 1. The third-order valence-corrected chi connectivity index (χ3v) is 5.34. The number of hydrogen-bond donors (Lipinski definition) is 2. The first-order valence-corrected chi connectivity index (χ1v) is 13.1. The number of halogens is 1. The van der Waals surface area contributed by atoms with E-state index in [1.54, 1.807) is 20.8 Å². The summed E-state index contributed by atoms with van der Waals surface area (Å²) < 4.78 is 32.6. The average Bonchev–Trinajstić information content (AvgIpc) is 2.62. The van der Waals surface area contributed by atoms with Crippen LogP contribution in [0.1, 0.15) is 44.2 Å². The first-order valence-electron chi connectivity index (χ1n) is 10.2. The molecule has 0 fully saturated rings. The normalized spacial score (nSPS) is 12.8. The van der Waals surface area contributed by atoms with Crippen molar-refractivity contribution in [2.24, 2.45) is 0 Å². The smallest absolute Gasteiger partial charge is 0.407 e. The highest BCUT2D eigenvalue weighted by atomic mass is 79.9. The molecule has 0 aliphatic rings. The second-order valence-corrected chi connectivity index (χ2v) is 10.9. The van der Waals surface area contributed by atoms with E-state index in [9.17, 15) is 23.1 Å². The molecule has 0 aliphatic carbocycles. The van der Waals surface area contributed by atoms with Gasteiger partial charge in [-0.1, -0.05) is 22.0 Å². The Morgan fingerprint density at radius 1 is 1.25 bits per heavy atom. The van der Waals surface area contributed by atoms with E-state index in [1.807, 2.05) is 30.0 Å². The first kappa shape index (κ1) is 28.2. The van der Waals surface area contributed by atoms with Gasteiger partial charge in [-0.25, -0.2) is 4.79 Å². The number of hydrogen-bond acceptors (Lipinski definition) is 7. The van der Waals surface area contributed by atoms with Gasteiger partial charge >= 0.3 is 12.1 Å². The number of aryl methyl sites for hydroxylation is 1. The molecule has 1 atom stereocenters. The Kier molecular flexibility index (Phi) is 10.9. The fourth-order valence-electron chi connectivity index (χ4n) is 3.06.